The quantitative estimate of drug-likeness (QED) is 0.646. The Labute approximate surface area is 99.3 Å². The second-order valence-corrected chi connectivity index (χ2v) is 6.08. The molecule has 0 aromatic heterocycles. The summed E-state index contributed by atoms with van der Waals surface area (Å²) in [5.74, 6) is 3.45. The highest BCUT2D eigenvalue weighted by Gasteiger charge is 2.46. The maximum Gasteiger partial charge on any atom is 0.133 e. The SMILES string of the molecule is C=C1CC[C@@H](C(C)C)[C@H]2[C@@H](C(C)=O)CC[C@@H]12. The zero-order valence-electron chi connectivity index (χ0n) is 10.8. The fraction of sp³-hybridized carbons (Fsp3) is 0.800. The summed E-state index contributed by atoms with van der Waals surface area (Å²) in [6, 6.07) is 0. The van der Waals surface area contributed by atoms with Crippen molar-refractivity contribution >= 4 is 5.78 Å². The minimum absolute atomic E-state index is 0.328. The average molecular weight is 220 g/mol. The van der Waals surface area contributed by atoms with Crippen molar-refractivity contribution < 1.29 is 4.79 Å². The minimum atomic E-state index is 0.328. The lowest BCUT2D eigenvalue weighted by molar-refractivity contribution is -0.123. The van der Waals surface area contributed by atoms with Gasteiger partial charge in [0.1, 0.15) is 5.78 Å². The predicted octanol–water partition coefficient (Wildman–Crippen LogP) is 3.84. The van der Waals surface area contributed by atoms with Crippen molar-refractivity contribution in [1.29, 1.82) is 0 Å². The lowest BCUT2D eigenvalue weighted by Crippen LogP contribution is -2.35. The first-order chi connectivity index (χ1) is 7.52. The van der Waals surface area contributed by atoms with Crippen molar-refractivity contribution in [3.05, 3.63) is 12.2 Å². The van der Waals surface area contributed by atoms with E-state index in [9.17, 15) is 4.79 Å². The standard InChI is InChI=1S/C15H24O/c1-9(2)12-6-5-10(3)13-7-8-14(11(4)16)15(12)13/h9,12-15H,3,5-8H2,1-2,4H3/t12-,13-,14+,15+/m0/s1. The van der Waals surface area contributed by atoms with Gasteiger partial charge in [-0.3, -0.25) is 4.79 Å². The largest absolute Gasteiger partial charge is 0.300 e. The van der Waals surface area contributed by atoms with Gasteiger partial charge in [-0.15, -0.1) is 0 Å². The molecule has 0 N–H and O–H groups in total. The Balaban J connectivity index is 2.25. The molecule has 0 heterocycles. The van der Waals surface area contributed by atoms with Gasteiger partial charge in [0.05, 0.1) is 0 Å². The molecule has 2 rings (SSSR count). The van der Waals surface area contributed by atoms with E-state index in [1.54, 1.807) is 6.92 Å². The third-order valence-electron chi connectivity index (χ3n) is 4.91. The molecule has 0 bridgehead atoms. The van der Waals surface area contributed by atoms with Crippen LogP contribution < -0.4 is 0 Å². The van der Waals surface area contributed by atoms with E-state index in [1.807, 2.05) is 0 Å². The summed E-state index contributed by atoms with van der Waals surface area (Å²) in [6.45, 7) is 10.6. The number of rotatable bonds is 2. The van der Waals surface area contributed by atoms with Crippen molar-refractivity contribution in [2.45, 2.75) is 46.5 Å². The number of Topliss-reactive ketones (excluding diaryl/α,β-unsaturated/α-hetero) is 1. The van der Waals surface area contributed by atoms with E-state index in [0.717, 1.165) is 12.3 Å². The molecule has 0 radical (unpaired) electrons. The molecule has 2 fully saturated rings. The zero-order valence-corrected chi connectivity index (χ0v) is 10.8. The van der Waals surface area contributed by atoms with E-state index >= 15 is 0 Å². The van der Waals surface area contributed by atoms with E-state index in [1.165, 1.54) is 24.8 Å². The maximum absolute atomic E-state index is 11.7. The predicted molar refractivity (Wildman–Crippen MR) is 67.1 cm³/mol. The summed E-state index contributed by atoms with van der Waals surface area (Å²) in [5.41, 5.74) is 1.42. The van der Waals surface area contributed by atoms with Gasteiger partial charge in [0.2, 0.25) is 0 Å². The molecule has 0 unspecified atom stereocenters. The molecule has 1 nitrogen and oxygen atoms in total. The van der Waals surface area contributed by atoms with E-state index < -0.39 is 0 Å². The summed E-state index contributed by atoms with van der Waals surface area (Å²) >= 11 is 0. The van der Waals surface area contributed by atoms with Crippen LogP contribution in [0, 0.1) is 29.6 Å². The minimum Gasteiger partial charge on any atom is -0.300 e. The highest BCUT2D eigenvalue weighted by atomic mass is 16.1. The number of carbonyl (C=O) groups excluding carboxylic acids is 1. The molecule has 2 aliphatic rings. The summed E-state index contributed by atoms with van der Waals surface area (Å²) < 4.78 is 0. The number of allylic oxidation sites excluding steroid dienone is 1. The first-order valence-corrected chi connectivity index (χ1v) is 6.70. The van der Waals surface area contributed by atoms with E-state index in [-0.39, 0.29) is 0 Å². The topological polar surface area (TPSA) is 17.1 Å². The smallest absolute Gasteiger partial charge is 0.133 e. The van der Waals surface area contributed by atoms with Gasteiger partial charge in [-0.05, 0) is 56.3 Å². The Morgan fingerprint density at radius 2 is 2.00 bits per heavy atom. The van der Waals surface area contributed by atoms with Gasteiger partial charge in [0.15, 0.2) is 0 Å². The number of carbonyl (C=O) groups is 1. The van der Waals surface area contributed by atoms with Crippen LogP contribution in [0.5, 0.6) is 0 Å². The summed E-state index contributed by atoms with van der Waals surface area (Å²) in [5, 5.41) is 0. The van der Waals surface area contributed by atoms with Crippen LogP contribution in [0.1, 0.15) is 46.5 Å². The van der Waals surface area contributed by atoms with Crippen LogP contribution in [0.3, 0.4) is 0 Å². The fourth-order valence-corrected chi connectivity index (χ4v) is 4.08. The maximum atomic E-state index is 11.7. The average Bonchev–Trinajstić information content (AvgIpc) is 2.62. The van der Waals surface area contributed by atoms with Crippen LogP contribution >= 0.6 is 0 Å². The van der Waals surface area contributed by atoms with Crippen LogP contribution in [0.4, 0.5) is 0 Å². The molecule has 16 heavy (non-hydrogen) atoms. The van der Waals surface area contributed by atoms with Crippen molar-refractivity contribution in [3.8, 4) is 0 Å². The lowest BCUT2D eigenvalue weighted by Gasteiger charge is -2.40. The number of hydrogen-bond donors (Lipinski definition) is 0. The molecular weight excluding hydrogens is 196 g/mol. The van der Waals surface area contributed by atoms with Gasteiger partial charge < -0.3 is 0 Å². The third kappa shape index (κ3) is 1.85. The van der Waals surface area contributed by atoms with E-state index in [4.69, 9.17) is 0 Å². The molecule has 90 valence electrons. The van der Waals surface area contributed by atoms with E-state index in [2.05, 4.69) is 20.4 Å². The molecular formula is C15H24O. The van der Waals surface area contributed by atoms with Gasteiger partial charge in [-0.1, -0.05) is 26.0 Å². The van der Waals surface area contributed by atoms with Gasteiger partial charge in [0, 0.05) is 5.92 Å². The Kier molecular flexibility index (Phi) is 3.23. The molecule has 2 aliphatic carbocycles. The zero-order chi connectivity index (χ0) is 11.9. The van der Waals surface area contributed by atoms with Gasteiger partial charge in [0.25, 0.3) is 0 Å². The summed E-state index contributed by atoms with van der Waals surface area (Å²) in [7, 11) is 0. The van der Waals surface area contributed by atoms with Crippen molar-refractivity contribution in [2.75, 3.05) is 0 Å². The van der Waals surface area contributed by atoms with Gasteiger partial charge >= 0.3 is 0 Å². The summed E-state index contributed by atoms with van der Waals surface area (Å²) in [4.78, 5) is 11.7. The Hall–Kier alpha value is -0.590. The molecule has 0 aromatic rings. The van der Waals surface area contributed by atoms with Crippen LogP contribution in [-0.4, -0.2) is 5.78 Å². The molecule has 2 saturated carbocycles. The number of hydrogen-bond acceptors (Lipinski definition) is 1. The Morgan fingerprint density at radius 1 is 1.31 bits per heavy atom. The van der Waals surface area contributed by atoms with Crippen LogP contribution in [0.15, 0.2) is 12.2 Å². The van der Waals surface area contributed by atoms with Gasteiger partial charge in [-0.2, -0.15) is 0 Å². The lowest BCUT2D eigenvalue weighted by atomic mass is 9.64. The second-order valence-electron chi connectivity index (χ2n) is 6.08. The molecule has 0 aromatic carbocycles. The van der Waals surface area contributed by atoms with Crippen LogP contribution in [0.2, 0.25) is 0 Å². The van der Waals surface area contributed by atoms with Crippen molar-refractivity contribution in [1.82, 2.24) is 0 Å². The second kappa shape index (κ2) is 4.35. The number of ketones is 1. The molecule has 1 heteroatoms. The van der Waals surface area contributed by atoms with Gasteiger partial charge in [-0.25, -0.2) is 0 Å². The van der Waals surface area contributed by atoms with Crippen molar-refractivity contribution in [3.63, 3.8) is 0 Å². The molecule has 0 spiro atoms. The highest BCUT2D eigenvalue weighted by molar-refractivity contribution is 5.79. The third-order valence-corrected chi connectivity index (χ3v) is 4.91. The van der Waals surface area contributed by atoms with Crippen LogP contribution in [0.25, 0.3) is 0 Å². The highest BCUT2D eigenvalue weighted by Crippen LogP contribution is 2.52. The van der Waals surface area contributed by atoms with Crippen LogP contribution in [-0.2, 0) is 4.79 Å². The molecule has 0 saturated heterocycles. The Bertz CT molecular complexity index is 297. The first-order valence-electron chi connectivity index (χ1n) is 6.70. The van der Waals surface area contributed by atoms with E-state index in [0.29, 0.717) is 29.5 Å². The fourth-order valence-electron chi connectivity index (χ4n) is 4.08. The normalized spacial score (nSPS) is 38.9. The monoisotopic (exact) mass is 220 g/mol. The first kappa shape index (κ1) is 11.9. The number of fused-ring (bicyclic) bond motifs is 1. The molecule has 4 atom stereocenters. The molecule has 0 aliphatic heterocycles. The molecule has 0 amide bonds. The summed E-state index contributed by atoms with van der Waals surface area (Å²) in [6.07, 6.45) is 4.75. The van der Waals surface area contributed by atoms with Crippen molar-refractivity contribution in [2.24, 2.45) is 29.6 Å². The Morgan fingerprint density at radius 3 is 2.56 bits per heavy atom.